The summed E-state index contributed by atoms with van der Waals surface area (Å²) in [6.45, 7) is 11.5. The van der Waals surface area contributed by atoms with Gasteiger partial charge in [-0.05, 0) is 53.8 Å². The summed E-state index contributed by atoms with van der Waals surface area (Å²) < 4.78 is 53.3. The Morgan fingerprint density at radius 1 is 0.871 bits per heavy atom. The third-order valence-electron chi connectivity index (χ3n) is 4.88. The zero-order chi connectivity index (χ0) is 23.8. The minimum Gasteiger partial charge on any atom is -0.507 e. The molecule has 0 unspecified atom stereocenters. The van der Waals surface area contributed by atoms with Gasteiger partial charge in [-0.2, -0.15) is 0 Å². The SMILES string of the molecule is CNS(=O)(=O)/C(=C\c1cc(C(C)(C)C)c(O)c(C(C)(C)C)c1)S(=O)(=O)c1ccccc1. The third-order valence-corrected chi connectivity index (χ3v) is 8.93. The molecule has 2 N–H and O–H groups in total. The fourth-order valence-corrected chi connectivity index (χ4v) is 6.36. The lowest BCUT2D eigenvalue weighted by Crippen LogP contribution is -2.25. The van der Waals surface area contributed by atoms with Crippen LogP contribution in [0, 0.1) is 0 Å². The van der Waals surface area contributed by atoms with E-state index in [4.69, 9.17) is 0 Å². The third kappa shape index (κ3) is 5.37. The van der Waals surface area contributed by atoms with Crippen LogP contribution in [-0.2, 0) is 30.7 Å². The van der Waals surface area contributed by atoms with Crippen molar-refractivity contribution in [2.45, 2.75) is 57.3 Å². The molecule has 0 spiro atoms. The van der Waals surface area contributed by atoms with Crippen molar-refractivity contribution in [1.29, 1.82) is 0 Å². The Bertz CT molecular complexity index is 1160. The van der Waals surface area contributed by atoms with E-state index in [0.29, 0.717) is 16.7 Å². The monoisotopic (exact) mass is 465 g/mol. The molecule has 2 aromatic carbocycles. The molecular formula is C23H31NO5S2. The zero-order valence-electron chi connectivity index (χ0n) is 19.0. The highest BCUT2D eigenvalue weighted by Gasteiger charge is 2.32. The summed E-state index contributed by atoms with van der Waals surface area (Å²) in [4.78, 5) is -0.119. The summed E-state index contributed by atoms with van der Waals surface area (Å²) in [6, 6.07) is 10.7. The van der Waals surface area contributed by atoms with Gasteiger partial charge in [-0.1, -0.05) is 59.7 Å². The number of phenolic OH excluding ortho intramolecular Hbond substituents is 1. The second kappa shape index (κ2) is 8.41. The Kier molecular flexibility index (Phi) is 6.81. The van der Waals surface area contributed by atoms with Crippen molar-refractivity contribution in [3.8, 4) is 5.75 Å². The smallest absolute Gasteiger partial charge is 0.251 e. The molecule has 2 rings (SSSR count). The minimum atomic E-state index is -4.33. The number of hydrogen-bond acceptors (Lipinski definition) is 5. The van der Waals surface area contributed by atoms with E-state index >= 15 is 0 Å². The fourth-order valence-electron chi connectivity index (χ4n) is 3.14. The number of sulfonamides is 1. The molecule has 0 bridgehead atoms. The molecule has 0 saturated heterocycles. The molecule has 8 heteroatoms. The topological polar surface area (TPSA) is 101 Å². The Labute approximate surface area is 186 Å². The van der Waals surface area contributed by atoms with Gasteiger partial charge in [0, 0.05) is 11.1 Å². The van der Waals surface area contributed by atoms with E-state index in [9.17, 15) is 21.9 Å². The van der Waals surface area contributed by atoms with Gasteiger partial charge < -0.3 is 5.11 Å². The highest BCUT2D eigenvalue weighted by molar-refractivity contribution is 8.13. The molecule has 0 aliphatic carbocycles. The van der Waals surface area contributed by atoms with E-state index in [1.807, 2.05) is 41.5 Å². The molecule has 0 aromatic heterocycles. The number of hydrogen-bond donors (Lipinski definition) is 2. The van der Waals surface area contributed by atoms with Crippen LogP contribution in [0.5, 0.6) is 5.75 Å². The Morgan fingerprint density at radius 2 is 1.32 bits per heavy atom. The van der Waals surface area contributed by atoms with E-state index in [1.54, 1.807) is 18.2 Å². The van der Waals surface area contributed by atoms with Crippen LogP contribution in [0.15, 0.2) is 51.6 Å². The minimum absolute atomic E-state index is 0.119. The quantitative estimate of drug-likeness (QED) is 0.685. The van der Waals surface area contributed by atoms with Crippen LogP contribution < -0.4 is 4.72 Å². The van der Waals surface area contributed by atoms with Gasteiger partial charge in [0.1, 0.15) is 5.75 Å². The average Bonchev–Trinajstić information content (AvgIpc) is 2.65. The molecule has 31 heavy (non-hydrogen) atoms. The second-order valence-corrected chi connectivity index (χ2v) is 13.5. The summed E-state index contributed by atoms with van der Waals surface area (Å²) in [5.74, 6) is 0.126. The van der Waals surface area contributed by atoms with Gasteiger partial charge in [0.15, 0.2) is 4.24 Å². The lowest BCUT2D eigenvalue weighted by atomic mass is 9.78. The van der Waals surface area contributed by atoms with E-state index in [1.165, 1.54) is 31.3 Å². The lowest BCUT2D eigenvalue weighted by Gasteiger charge is -2.28. The van der Waals surface area contributed by atoms with Crippen LogP contribution in [-0.4, -0.2) is 29.0 Å². The molecule has 0 aliphatic rings. The molecular weight excluding hydrogens is 434 g/mol. The van der Waals surface area contributed by atoms with Crippen molar-refractivity contribution in [1.82, 2.24) is 4.72 Å². The fraction of sp³-hybridized carbons (Fsp3) is 0.391. The zero-order valence-corrected chi connectivity index (χ0v) is 20.6. The van der Waals surface area contributed by atoms with Crippen LogP contribution in [0.1, 0.15) is 58.2 Å². The van der Waals surface area contributed by atoms with Gasteiger partial charge in [-0.25, -0.2) is 21.6 Å². The summed E-state index contributed by atoms with van der Waals surface area (Å²) >= 11 is 0. The number of nitrogens with one attached hydrogen (secondary N) is 1. The first-order valence-electron chi connectivity index (χ1n) is 9.85. The van der Waals surface area contributed by atoms with Crippen molar-refractivity contribution in [2.24, 2.45) is 0 Å². The molecule has 0 amide bonds. The molecule has 0 radical (unpaired) electrons. The first-order chi connectivity index (χ1) is 14.0. The van der Waals surface area contributed by atoms with Crippen LogP contribution >= 0.6 is 0 Å². The second-order valence-electron chi connectivity index (χ2n) is 9.45. The van der Waals surface area contributed by atoms with Gasteiger partial charge >= 0.3 is 0 Å². The summed E-state index contributed by atoms with van der Waals surface area (Å²) in [7, 11) is -7.47. The Balaban J connectivity index is 2.92. The maximum Gasteiger partial charge on any atom is 0.251 e. The summed E-state index contributed by atoms with van der Waals surface area (Å²) in [5.41, 5.74) is 0.678. The van der Waals surface area contributed by atoms with Gasteiger partial charge in [0.25, 0.3) is 10.0 Å². The number of aromatic hydroxyl groups is 1. The molecule has 2 aromatic rings. The normalized spacial score (nSPS) is 14.0. The molecule has 0 fully saturated rings. The van der Waals surface area contributed by atoms with Crippen LogP contribution in [0.3, 0.4) is 0 Å². The number of sulfone groups is 1. The first kappa shape index (κ1) is 25.1. The number of rotatable bonds is 5. The van der Waals surface area contributed by atoms with Crippen molar-refractivity contribution in [3.05, 3.63) is 63.4 Å². The lowest BCUT2D eigenvalue weighted by molar-refractivity contribution is 0.423. The van der Waals surface area contributed by atoms with E-state index in [0.717, 1.165) is 6.08 Å². The molecule has 6 nitrogen and oxygen atoms in total. The average molecular weight is 466 g/mol. The predicted molar refractivity (Wildman–Crippen MR) is 125 cm³/mol. The Hall–Kier alpha value is -2.16. The molecule has 170 valence electrons. The summed E-state index contributed by atoms with van der Waals surface area (Å²) in [5, 5.41) is 10.9. The van der Waals surface area contributed by atoms with E-state index in [-0.39, 0.29) is 10.6 Å². The van der Waals surface area contributed by atoms with Crippen LogP contribution in [0.2, 0.25) is 0 Å². The van der Waals surface area contributed by atoms with Crippen molar-refractivity contribution in [3.63, 3.8) is 0 Å². The highest BCUT2D eigenvalue weighted by atomic mass is 32.3. The number of phenols is 1. The van der Waals surface area contributed by atoms with E-state index in [2.05, 4.69) is 4.72 Å². The van der Waals surface area contributed by atoms with Crippen molar-refractivity contribution >= 4 is 25.9 Å². The van der Waals surface area contributed by atoms with Crippen molar-refractivity contribution < 1.29 is 21.9 Å². The van der Waals surface area contributed by atoms with Gasteiger partial charge in [0.05, 0.1) is 4.90 Å². The highest BCUT2D eigenvalue weighted by Crippen LogP contribution is 2.40. The molecule has 0 atom stereocenters. The van der Waals surface area contributed by atoms with Gasteiger partial charge in [0.2, 0.25) is 9.84 Å². The van der Waals surface area contributed by atoms with Gasteiger partial charge in [-0.3, -0.25) is 0 Å². The molecule has 0 aliphatic heterocycles. The molecule has 0 saturated carbocycles. The Morgan fingerprint density at radius 3 is 1.71 bits per heavy atom. The number of benzene rings is 2. The standard InChI is InChI=1S/C23H31NO5S2/c1-22(2,3)18-13-16(14-19(21(18)25)23(4,5)6)15-20(31(28,29)24-7)30(26,27)17-11-9-8-10-12-17/h8-15,24-25H,1-7H3/b20-15-. The first-order valence-corrected chi connectivity index (χ1v) is 12.8. The van der Waals surface area contributed by atoms with Crippen LogP contribution in [0.4, 0.5) is 0 Å². The summed E-state index contributed by atoms with van der Waals surface area (Å²) in [6.07, 6.45) is 1.15. The molecule has 0 heterocycles. The maximum atomic E-state index is 13.2. The largest absolute Gasteiger partial charge is 0.507 e. The van der Waals surface area contributed by atoms with E-state index < -0.39 is 34.9 Å². The van der Waals surface area contributed by atoms with Gasteiger partial charge in [-0.15, -0.1) is 0 Å². The van der Waals surface area contributed by atoms with Crippen molar-refractivity contribution in [2.75, 3.05) is 7.05 Å². The van der Waals surface area contributed by atoms with Crippen LogP contribution in [0.25, 0.3) is 6.08 Å². The predicted octanol–water partition coefficient (Wildman–Crippen LogP) is 4.31. The maximum absolute atomic E-state index is 13.2.